The maximum atomic E-state index is 11.9. The molecule has 0 fully saturated rings. The largest absolute Gasteiger partial charge is 0.481 e. The van der Waals surface area contributed by atoms with Crippen LogP contribution in [0.2, 0.25) is 0 Å². The van der Waals surface area contributed by atoms with E-state index >= 15 is 0 Å². The third-order valence-corrected chi connectivity index (χ3v) is 2.68. The van der Waals surface area contributed by atoms with E-state index in [1.165, 1.54) is 16.8 Å². The van der Waals surface area contributed by atoms with Crippen LogP contribution < -0.4 is 10.9 Å². The molecule has 0 aliphatic rings. The number of hydrogen-bond donors (Lipinski definition) is 2. The van der Waals surface area contributed by atoms with Crippen molar-refractivity contribution in [3.8, 4) is 0 Å². The summed E-state index contributed by atoms with van der Waals surface area (Å²) in [6, 6.07) is 2.13. The van der Waals surface area contributed by atoms with Gasteiger partial charge in [0.05, 0.1) is 6.42 Å². The summed E-state index contributed by atoms with van der Waals surface area (Å²) < 4.78 is 1.25. The lowest BCUT2D eigenvalue weighted by molar-refractivity contribution is -0.137. The molecule has 7 nitrogen and oxygen atoms in total. The number of aryl methyl sites for hydroxylation is 1. The smallest absolute Gasteiger partial charge is 0.305 e. The Kier molecular flexibility index (Phi) is 5.89. The number of carbonyl (C=O) groups is 2. The van der Waals surface area contributed by atoms with Crippen molar-refractivity contribution in [3.05, 3.63) is 28.2 Å². The molecule has 2 N–H and O–H groups in total. The van der Waals surface area contributed by atoms with Crippen LogP contribution in [0.15, 0.2) is 16.9 Å². The normalized spacial score (nSPS) is 11.9. The monoisotopic (exact) mass is 281 g/mol. The predicted molar refractivity (Wildman–Crippen MR) is 72.6 cm³/mol. The molecule has 0 aliphatic heterocycles. The Labute approximate surface area is 116 Å². The van der Waals surface area contributed by atoms with Gasteiger partial charge in [-0.3, -0.25) is 14.4 Å². The summed E-state index contributed by atoms with van der Waals surface area (Å²) >= 11 is 0. The maximum absolute atomic E-state index is 11.9. The summed E-state index contributed by atoms with van der Waals surface area (Å²) in [5.74, 6) is -1.47. The molecule has 0 aliphatic carbocycles. The Morgan fingerprint density at radius 1 is 1.45 bits per heavy atom. The second kappa shape index (κ2) is 7.42. The van der Waals surface area contributed by atoms with E-state index in [2.05, 4.69) is 10.4 Å². The van der Waals surface area contributed by atoms with Crippen LogP contribution in [0.1, 0.15) is 43.6 Å². The molecule has 0 radical (unpaired) electrons. The molecule has 0 saturated carbocycles. The van der Waals surface area contributed by atoms with E-state index in [1.807, 2.05) is 6.92 Å². The zero-order valence-corrected chi connectivity index (χ0v) is 11.6. The van der Waals surface area contributed by atoms with Gasteiger partial charge in [-0.15, -0.1) is 0 Å². The number of carboxylic acids is 1. The van der Waals surface area contributed by atoms with E-state index in [1.54, 1.807) is 6.92 Å². The number of nitrogens with one attached hydrogen (secondary N) is 1. The SMILES string of the molecule is CCCCn1nc(C(=O)NC(C)CC(=O)O)ccc1=O. The number of rotatable bonds is 7. The molecule has 0 spiro atoms. The number of unbranched alkanes of at least 4 members (excludes halogenated alkanes) is 1. The van der Waals surface area contributed by atoms with Crippen LogP contribution in [0.3, 0.4) is 0 Å². The van der Waals surface area contributed by atoms with Crippen molar-refractivity contribution in [2.75, 3.05) is 0 Å². The topological polar surface area (TPSA) is 101 Å². The third-order valence-electron chi connectivity index (χ3n) is 2.68. The Hall–Kier alpha value is -2.18. The van der Waals surface area contributed by atoms with Gasteiger partial charge < -0.3 is 10.4 Å². The van der Waals surface area contributed by atoms with Gasteiger partial charge >= 0.3 is 5.97 Å². The van der Waals surface area contributed by atoms with Crippen LogP contribution in [0.5, 0.6) is 0 Å². The average molecular weight is 281 g/mol. The van der Waals surface area contributed by atoms with Crippen molar-refractivity contribution < 1.29 is 14.7 Å². The van der Waals surface area contributed by atoms with E-state index in [-0.39, 0.29) is 17.7 Å². The molecule has 1 heterocycles. The first-order valence-corrected chi connectivity index (χ1v) is 6.55. The molecule has 1 amide bonds. The van der Waals surface area contributed by atoms with Crippen molar-refractivity contribution in [2.45, 2.75) is 45.7 Å². The molecule has 0 aromatic carbocycles. The van der Waals surface area contributed by atoms with Crippen molar-refractivity contribution in [1.82, 2.24) is 15.1 Å². The number of amides is 1. The van der Waals surface area contributed by atoms with Gasteiger partial charge in [0.1, 0.15) is 5.69 Å². The average Bonchev–Trinajstić information content (AvgIpc) is 2.36. The summed E-state index contributed by atoms with van der Waals surface area (Å²) in [5, 5.41) is 15.2. The number of aromatic nitrogens is 2. The summed E-state index contributed by atoms with van der Waals surface area (Å²) in [5.41, 5.74) is -0.147. The Bertz CT molecular complexity index is 539. The van der Waals surface area contributed by atoms with Gasteiger partial charge in [0.25, 0.3) is 11.5 Å². The minimum absolute atomic E-state index is 0.109. The van der Waals surface area contributed by atoms with Gasteiger partial charge in [-0.1, -0.05) is 13.3 Å². The molecule has 1 rings (SSSR count). The summed E-state index contributed by atoms with van der Waals surface area (Å²) in [7, 11) is 0. The summed E-state index contributed by atoms with van der Waals surface area (Å²) in [4.78, 5) is 34.0. The highest BCUT2D eigenvalue weighted by molar-refractivity contribution is 5.92. The number of carboxylic acid groups (broad SMARTS) is 1. The van der Waals surface area contributed by atoms with Crippen molar-refractivity contribution in [2.24, 2.45) is 0 Å². The molecule has 1 aromatic heterocycles. The first-order valence-electron chi connectivity index (χ1n) is 6.55. The molecular weight excluding hydrogens is 262 g/mol. The van der Waals surface area contributed by atoms with Gasteiger partial charge in [0, 0.05) is 18.7 Å². The lowest BCUT2D eigenvalue weighted by Crippen LogP contribution is -2.36. The number of aliphatic carboxylic acids is 1. The highest BCUT2D eigenvalue weighted by atomic mass is 16.4. The lowest BCUT2D eigenvalue weighted by Gasteiger charge is -2.11. The van der Waals surface area contributed by atoms with E-state index < -0.39 is 17.9 Å². The fourth-order valence-electron chi connectivity index (χ4n) is 1.65. The molecule has 110 valence electrons. The fourth-order valence-corrected chi connectivity index (χ4v) is 1.65. The molecule has 20 heavy (non-hydrogen) atoms. The van der Waals surface area contributed by atoms with Crippen LogP contribution in [-0.4, -0.2) is 32.8 Å². The number of nitrogens with zero attached hydrogens (tertiary/aromatic N) is 2. The van der Waals surface area contributed by atoms with E-state index in [0.717, 1.165) is 12.8 Å². The first kappa shape index (κ1) is 15.9. The van der Waals surface area contributed by atoms with Crippen molar-refractivity contribution >= 4 is 11.9 Å². The summed E-state index contributed by atoms with van der Waals surface area (Å²) in [6.07, 6.45) is 1.55. The van der Waals surface area contributed by atoms with Gasteiger partial charge in [0.2, 0.25) is 0 Å². The predicted octanol–water partition coefficient (Wildman–Crippen LogP) is 0.636. The first-order chi connectivity index (χ1) is 9.43. The van der Waals surface area contributed by atoms with E-state index in [4.69, 9.17) is 5.11 Å². The molecule has 7 heteroatoms. The minimum Gasteiger partial charge on any atom is -0.481 e. The molecule has 1 atom stereocenters. The van der Waals surface area contributed by atoms with Crippen LogP contribution in [0.25, 0.3) is 0 Å². The van der Waals surface area contributed by atoms with Gasteiger partial charge in [0.15, 0.2) is 0 Å². The van der Waals surface area contributed by atoms with Gasteiger partial charge in [-0.2, -0.15) is 5.10 Å². The maximum Gasteiger partial charge on any atom is 0.305 e. The third kappa shape index (κ3) is 4.83. The molecule has 1 unspecified atom stereocenters. The van der Waals surface area contributed by atoms with Crippen LogP contribution in [0.4, 0.5) is 0 Å². The second-order valence-electron chi connectivity index (χ2n) is 4.61. The molecule has 1 aromatic rings. The summed E-state index contributed by atoms with van der Waals surface area (Å²) in [6.45, 7) is 4.05. The standard InChI is InChI=1S/C13H19N3O4/c1-3-4-7-16-11(17)6-5-10(15-16)13(20)14-9(2)8-12(18)19/h5-6,9H,3-4,7-8H2,1-2H3,(H,14,20)(H,18,19). The number of hydrogen-bond acceptors (Lipinski definition) is 4. The van der Waals surface area contributed by atoms with Gasteiger partial charge in [-0.25, -0.2) is 4.68 Å². The minimum atomic E-state index is -0.987. The van der Waals surface area contributed by atoms with Crippen molar-refractivity contribution in [1.29, 1.82) is 0 Å². The van der Waals surface area contributed by atoms with Gasteiger partial charge in [-0.05, 0) is 19.4 Å². The zero-order chi connectivity index (χ0) is 15.1. The highest BCUT2D eigenvalue weighted by Crippen LogP contribution is 1.97. The Balaban J connectivity index is 2.77. The quantitative estimate of drug-likeness (QED) is 0.763. The molecular formula is C13H19N3O4. The van der Waals surface area contributed by atoms with Crippen LogP contribution in [0, 0.1) is 0 Å². The second-order valence-corrected chi connectivity index (χ2v) is 4.61. The number of carbonyl (C=O) groups excluding carboxylic acids is 1. The molecule has 0 bridgehead atoms. The van der Waals surface area contributed by atoms with E-state index in [0.29, 0.717) is 6.54 Å². The zero-order valence-electron chi connectivity index (χ0n) is 11.6. The molecule has 0 saturated heterocycles. The highest BCUT2D eigenvalue weighted by Gasteiger charge is 2.14. The van der Waals surface area contributed by atoms with Crippen molar-refractivity contribution in [3.63, 3.8) is 0 Å². The van der Waals surface area contributed by atoms with Crippen LogP contribution in [-0.2, 0) is 11.3 Å². The Morgan fingerprint density at radius 2 is 2.15 bits per heavy atom. The Morgan fingerprint density at radius 3 is 2.75 bits per heavy atom. The van der Waals surface area contributed by atoms with E-state index in [9.17, 15) is 14.4 Å². The van der Waals surface area contributed by atoms with Crippen LogP contribution >= 0.6 is 0 Å². The lowest BCUT2D eigenvalue weighted by atomic mass is 10.2. The fraction of sp³-hybridized carbons (Fsp3) is 0.538.